The van der Waals surface area contributed by atoms with Crippen LogP contribution in [0.25, 0.3) is 0 Å². The molecule has 0 amide bonds. The van der Waals surface area contributed by atoms with Crippen LogP contribution in [-0.2, 0) is 0 Å². The average Bonchev–Trinajstić information content (AvgIpc) is 2.53. The van der Waals surface area contributed by atoms with E-state index in [1.54, 1.807) is 12.3 Å². The zero-order valence-corrected chi connectivity index (χ0v) is 10.1. The Labute approximate surface area is 102 Å². The highest BCUT2D eigenvalue weighted by Crippen LogP contribution is 2.18. The molecule has 0 aromatic rings. The van der Waals surface area contributed by atoms with Crippen LogP contribution in [-0.4, -0.2) is 18.4 Å². The molecular formula is C12H21N5. The van der Waals surface area contributed by atoms with Gasteiger partial charge in [0, 0.05) is 24.4 Å². The zero-order valence-electron chi connectivity index (χ0n) is 10.1. The summed E-state index contributed by atoms with van der Waals surface area (Å²) in [7, 11) is 0. The molecule has 0 aromatic carbocycles. The summed E-state index contributed by atoms with van der Waals surface area (Å²) in [6, 6.07) is 0.538. The first-order valence-corrected chi connectivity index (χ1v) is 6.25. The number of hydrogen-bond acceptors (Lipinski definition) is 5. The van der Waals surface area contributed by atoms with Crippen LogP contribution in [0.2, 0.25) is 0 Å². The highest BCUT2D eigenvalue weighted by molar-refractivity contribution is 5.92. The molecule has 0 radical (unpaired) electrons. The van der Waals surface area contributed by atoms with Gasteiger partial charge in [-0.1, -0.05) is 19.3 Å². The molecule has 0 unspecified atom stereocenters. The van der Waals surface area contributed by atoms with Crippen molar-refractivity contribution in [3.05, 3.63) is 23.8 Å². The topological polar surface area (TPSA) is 88.5 Å². The Morgan fingerprint density at radius 1 is 1.35 bits per heavy atom. The van der Waals surface area contributed by atoms with E-state index in [2.05, 4.69) is 15.6 Å². The van der Waals surface area contributed by atoms with Crippen molar-refractivity contribution in [2.24, 2.45) is 16.5 Å². The van der Waals surface area contributed by atoms with Gasteiger partial charge in [0.05, 0.1) is 6.20 Å². The summed E-state index contributed by atoms with van der Waals surface area (Å²) in [5.74, 6) is 1.38. The third-order valence-corrected chi connectivity index (χ3v) is 3.14. The van der Waals surface area contributed by atoms with Crippen LogP contribution in [0.1, 0.15) is 32.1 Å². The van der Waals surface area contributed by atoms with Crippen molar-refractivity contribution < 1.29 is 0 Å². The van der Waals surface area contributed by atoms with Crippen molar-refractivity contribution in [3.8, 4) is 0 Å². The van der Waals surface area contributed by atoms with Crippen molar-refractivity contribution in [1.82, 2.24) is 10.6 Å². The quantitative estimate of drug-likeness (QED) is 0.574. The molecular weight excluding hydrogens is 214 g/mol. The normalized spacial score (nSPS) is 21.8. The largest absolute Gasteiger partial charge is 0.384 e. The number of nitrogens with two attached hydrogens (primary N) is 2. The Kier molecular flexibility index (Phi) is 4.03. The molecule has 94 valence electrons. The lowest BCUT2D eigenvalue weighted by Gasteiger charge is -2.25. The number of rotatable bonds is 3. The molecule has 2 rings (SSSR count). The van der Waals surface area contributed by atoms with Crippen LogP contribution >= 0.6 is 0 Å². The third kappa shape index (κ3) is 3.49. The van der Waals surface area contributed by atoms with E-state index in [0.717, 1.165) is 11.5 Å². The van der Waals surface area contributed by atoms with E-state index in [1.165, 1.54) is 32.1 Å². The molecule has 6 N–H and O–H groups in total. The second-order valence-electron chi connectivity index (χ2n) is 4.57. The van der Waals surface area contributed by atoms with Gasteiger partial charge in [0.1, 0.15) is 11.7 Å². The molecule has 2 aliphatic rings. The summed E-state index contributed by atoms with van der Waals surface area (Å²) >= 11 is 0. The van der Waals surface area contributed by atoms with Gasteiger partial charge in [-0.15, -0.1) is 0 Å². The zero-order chi connectivity index (χ0) is 12.1. The van der Waals surface area contributed by atoms with Crippen LogP contribution in [0.15, 0.2) is 28.8 Å². The molecule has 0 spiro atoms. The van der Waals surface area contributed by atoms with Crippen molar-refractivity contribution >= 4 is 5.84 Å². The number of aliphatic imine (C=N–C) groups is 1. The first-order chi connectivity index (χ1) is 8.28. The van der Waals surface area contributed by atoms with E-state index in [0.29, 0.717) is 18.4 Å². The Morgan fingerprint density at radius 2 is 2.12 bits per heavy atom. The number of amidine groups is 1. The van der Waals surface area contributed by atoms with Crippen LogP contribution < -0.4 is 22.1 Å². The van der Waals surface area contributed by atoms with E-state index < -0.39 is 0 Å². The highest BCUT2D eigenvalue weighted by Gasteiger charge is 2.14. The first kappa shape index (κ1) is 12.0. The number of nitrogens with zero attached hydrogens (tertiary/aromatic N) is 1. The van der Waals surface area contributed by atoms with Gasteiger partial charge in [0.2, 0.25) is 0 Å². The van der Waals surface area contributed by atoms with E-state index in [1.807, 2.05) is 0 Å². The first-order valence-electron chi connectivity index (χ1n) is 6.25. The molecule has 1 fully saturated rings. The smallest absolute Gasteiger partial charge is 0.125 e. The fourth-order valence-corrected chi connectivity index (χ4v) is 2.25. The molecule has 1 heterocycles. The van der Waals surface area contributed by atoms with Gasteiger partial charge in [-0.25, -0.2) is 4.99 Å². The Hall–Kier alpha value is -1.49. The van der Waals surface area contributed by atoms with E-state index in [-0.39, 0.29) is 0 Å². The van der Waals surface area contributed by atoms with Gasteiger partial charge >= 0.3 is 0 Å². The SMILES string of the molecule is NCC1=CC(N)=NC=C(NC2CCCCC2)N1. The van der Waals surface area contributed by atoms with Gasteiger partial charge in [0.25, 0.3) is 0 Å². The molecule has 0 saturated heterocycles. The van der Waals surface area contributed by atoms with Crippen LogP contribution in [0.3, 0.4) is 0 Å². The Morgan fingerprint density at radius 3 is 2.82 bits per heavy atom. The summed E-state index contributed by atoms with van der Waals surface area (Å²) in [4.78, 5) is 4.14. The molecule has 5 heteroatoms. The average molecular weight is 235 g/mol. The van der Waals surface area contributed by atoms with Gasteiger partial charge in [-0.3, -0.25) is 0 Å². The second-order valence-corrected chi connectivity index (χ2v) is 4.57. The van der Waals surface area contributed by atoms with E-state index in [4.69, 9.17) is 11.5 Å². The predicted octanol–water partition coefficient (Wildman–Crippen LogP) is 0.511. The highest BCUT2D eigenvalue weighted by atomic mass is 15.1. The molecule has 1 aliphatic heterocycles. The fraction of sp³-hybridized carbons (Fsp3) is 0.583. The van der Waals surface area contributed by atoms with Crippen molar-refractivity contribution in [1.29, 1.82) is 0 Å². The molecule has 17 heavy (non-hydrogen) atoms. The lowest BCUT2D eigenvalue weighted by atomic mass is 9.95. The maximum absolute atomic E-state index is 5.70. The van der Waals surface area contributed by atoms with Gasteiger partial charge < -0.3 is 22.1 Å². The van der Waals surface area contributed by atoms with E-state index >= 15 is 0 Å². The molecule has 1 aliphatic carbocycles. The number of nitrogens with one attached hydrogen (secondary N) is 2. The lowest BCUT2D eigenvalue weighted by Crippen LogP contribution is -2.36. The third-order valence-electron chi connectivity index (χ3n) is 3.14. The minimum atomic E-state index is 0.430. The minimum absolute atomic E-state index is 0.430. The van der Waals surface area contributed by atoms with Gasteiger partial charge in [-0.05, 0) is 12.8 Å². The summed E-state index contributed by atoms with van der Waals surface area (Å²) in [5, 5.41) is 6.71. The Bertz CT molecular complexity index is 350. The van der Waals surface area contributed by atoms with Crippen molar-refractivity contribution in [2.45, 2.75) is 38.1 Å². The maximum atomic E-state index is 5.70. The van der Waals surface area contributed by atoms with Crippen LogP contribution in [0.4, 0.5) is 0 Å². The molecule has 0 aromatic heterocycles. The molecule has 0 bridgehead atoms. The van der Waals surface area contributed by atoms with E-state index in [9.17, 15) is 0 Å². The van der Waals surface area contributed by atoms with Gasteiger partial charge in [-0.2, -0.15) is 0 Å². The van der Waals surface area contributed by atoms with Crippen LogP contribution in [0.5, 0.6) is 0 Å². The van der Waals surface area contributed by atoms with Crippen molar-refractivity contribution in [2.75, 3.05) is 6.54 Å². The Balaban J connectivity index is 1.98. The summed E-state index contributed by atoms with van der Waals surface area (Å²) in [5.41, 5.74) is 12.2. The molecule has 0 atom stereocenters. The summed E-state index contributed by atoms with van der Waals surface area (Å²) < 4.78 is 0. The maximum Gasteiger partial charge on any atom is 0.125 e. The molecule has 5 nitrogen and oxygen atoms in total. The minimum Gasteiger partial charge on any atom is -0.384 e. The van der Waals surface area contributed by atoms with Crippen LogP contribution in [0, 0.1) is 0 Å². The standard InChI is InChI=1S/C12H21N5/c13-7-10-6-11(14)15-8-12(17-10)16-9-4-2-1-3-5-9/h6,8-9,16-17H,1-5,7,13H2,(H2,14,15). The molecule has 1 saturated carbocycles. The predicted molar refractivity (Wildman–Crippen MR) is 70.0 cm³/mol. The summed E-state index contributed by atoms with van der Waals surface area (Å²) in [6.07, 6.45) is 9.91. The monoisotopic (exact) mass is 235 g/mol. The number of hydrogen-bond donors (Lipinski definition) is 4. The lowest BCUT2D eigenvalue weighted by molar-refractivity contribution is 0.390. The second kappa shape index (κ2) is 5.72. The van der Waals surface area contributed by atoms with Crippen molar-refractivity contribution in [3.63, 3.8) is 0 Å². The fourth-order valence-electron chi connectivity index (χ4n) is 2.25. The summed E-state index contributed by atoms with van der Waals surface area (Å²) in [6.45, 7) is 0.430. The van der Waals surface area contributed by atoms with Gasteiger partial charge in [0.15, 0.2) is 0 Å².